The molecule has 0 spiro atoms. The van der Waals surface area contributed by atoms with Crippen LogP contribution in [0.2, 0.25) is 0 Å². The van der Waals surface area contributed by atoms with Gasteiger partial charge in [-0.1, -0.05) is 42.0 Å². The number of nitrogens with one attached hydrogen (secondary N) is 1. The van der Waals surface area contributed by atoms with Crippen molar-refractivity contribution in [1.82, 2.24) is 10.4 Å². The second-order valence-corrected chi connectivity index (χ2v) is 5.40. The molecule has 0 amide bonds. The van der Waals surface area contributed by atoms with Crippen molar-refractivity contribution < 1.29 is 0 Å². The van der Waals surface area contributed by atoms with E-state index < -0.39 is 0 Å². The fraction of sp³-hybridized carbons (Fsp3) is 0.167. The smallest absolute Gasteiger partial charge is 0.0719 e. The molecule has 3 heteroatoms. The molecule has 1 unspecified atom stereocenters. The minimum Gasteiger partial charge on any atom is -0.271 e. The molecular formula is C18H19N3. The number of pyridine rings is 1. The van der Waals surface area contributed by atoms with E-state index in [4.69, 9.17) is 5.84 Å². The zero-order valence-electron chi connectivity index (χ0n) is 12.3. The Morgan fingerprint density at radius 3 is 2.71 bits per heavy atom. The molecule has 3 N–H and O–H groups in total. The van der Waals surface area contributed by atoms with Crippen molar-refractivity contribution in [1.29, 1.82) is 0 Å². The molecule has 0 aliphatic heterocycles. The highest BCUT2D eigenvalue weighted by Crippen LogP contribution is 2.30. The van der Waals surface area contributed by atoms with E-state index in [0.29, 0.717) is 0 Å². The third-order valence-corrected chi connectivity index (χ3v) is 3.94. The normalized spacial score (nSPS) is 12.5. The summed E-state index contributed by atoms with van der Waals surface area (Å²) in [5.74, 6) is 5.88. The first-order valence-electron chi connectivity index (χ1n) is 7.06. The Kier molecular flexibility index (Phi) is 3.69. The molecule has 0 radical (unpaired) electrons. The van der Waals surface area contributed by atoms with Gasteiger partial charge in [0, 0.05) is 17.8 Å². The van der Waals surface area contributed by atoms with Crippen LogP contribution in [0.15, 0.2) is 54.9 Å². The summed E-state index contributed by atoms with van der Waals surface area (Å²) in [4.78, 5) is 4.26. The minimum atomic E-state index is -0.0437. The second kappa shape index (κ2) is 5.64. The van der Waals surface area contributed by atoms with Crippen LogP contribution >= 0.6 is 0 Å². The van der Waals surface area contributed by atoms with Gasteiger partial charge in [0.1, 0.15) is 0 Å². The number of aromatic nitrogens is 1. The van der Waals surface area contributed by atoms with Gasteiger partial charge in [-0.05, 0) is 42.0 Å². The van der Waals surface area contributed by atoms with Crippen molar-refractivity contribution in [2.75, 3.05) is 0 Å². The van der Waals surface area contributed by atoms with Crippen LogP contribution in [0.3, 0.4) is 0 Å². The molecule has 0 fully saturated rings. The first-order chi connectivity index (χ1) is 10.2. The van der Waals surface area contributed by atoms with Crippen molar-refractivity contribution in [2.24, 2.45) is 5.84 Å². The zero-order valence-corrected chi connectivity index (χ0v) is 12.3. The molecule has 1 aromatic heterocycles. The zero-order chi connectivity index (χ0) is 14.8. The lowest BCUT2D eigenvalue weighted by atomic mass is 9.91. The van der Waals surface area contributed by atoms with Crippen LogP contribution in [-0.4, -0.2) is 4.98 Å². The SMILES string of the molecule is Cc1ccc(C)c(C(NN)c2cccc3ccncc23)c1. The van der Waals surface area contributed by atoms with Crippen LogP contribution < -0.4 is 11.3 Å². The summed E-state index contributed by atoms with van der Waals surface area (Å²) in [7, 11) is 0. The molecule has 21 heavy (non-hydrogen) atoms. The summed E-state index contributed by atoms with van der Waals surface area (Å²) in [5.41, 5.74) is 7.78. The highest BCUT2D eigenvalue weighted by atomic mass is 15.2. The van der Waals surface area contributed by atoms with E-state index in [9.17, 15) is 0 Å². The maximum absolute atomic E-state index is 5.88. The number of nitrogens with two attached hydrogens (primary N) is 1. The monoisotopic (exact) mass is 277 g/mol. The summed E-state index contributed by atoms with van der Waals surface area (Å²) in [6.45, 7) is 4.21. The van der Waals surface area contributed by atoms with Crippen LogP contribution in [0, 0.1) is 13.8 Å². The number of aryl methyl sites for hydroxylation is 2. The first kappa shape index (κ1) is 13.7. The Labute approximate surface area is 124 Å². The van der Waals surface area contributed by atoms with Gasteiger partial charge in [0.25, 0.3) is 0 Å². The number of hydrogen-bond donors (Lipinski definition) is 2. The second-order valence-electron chi connectivity index (χ2n) is 5.40. The van der Waals surface area contributed by atoms with Gasteiger partial charge >= 0.3 is 0 Å². The molecule has 1 heterocycles. The Hall–Kier alpha value is -2.23. The minimum absolute atomic E-state index is 0.0437. The summed E-state index contributed by atoms with van der Waals surface area (Å²) in [6.07, 6.45) is 3.72. The molecule has 0 aliphatic carbocycles. The van der Waals surface area contributed by atoms with Crippen molar-refractivity contribution in [3.05, 3.63) is 77.1 Å². The van der Waals surface area contributed by atoms with E-state index >= 15 is 0 Å². The van der Waals surface area contributed by atoms with Crippen LogP contribution in [-0.2, 0) is 0 Å². The van der Waals surface area contributed by atoms with Crippen molar-refractivity contribution in [2.45, 2.75) is 19.9 Å². The summed E-state index contributed by atoms with van der Waals surface area (Å²) in [6, 6.07) is 14.7. The summed E-state index contributed by atoms with van der Waals surface area (Å²) < 4.78 is 0. The van der Waals surface area contributed by atoms with Crippen LogP contribution in [0.4, 0.5) is 0 Å². The van der Waals surface area contributed by atoms with E-state index in [2.05, 4.69) is 60.7 Å². The fourth-order valence-corrected chi connectivity index (χ4v) is 2.81. The Morgan fingerprint density at radius 1 is 1.05 bits per heavy atom. The average molecular weight is 277 g/mol. The number of hydrazine groups is 1. The molecule has 3 aromatic rings. The molecule has 3 rings (SSSR count). The number of benzene rings is 2. The maximum atomic E-state index is 5.88. The van der Waals surface area contributed by atoms with Gasteiger partial charge in [0.15, 0.2) is 0 Å². The van der Waals surface area contributed by atoms with Gasteiger partial charge in [-0.3, -0.25) is 10.8 Å². The van der Waals surface area contributed by atoms with Crippen molar-refractivity contribution in [3.63, 3.8) is 0 Å². The largest absolute Gasteiger partial charge is 0.271 e. The Balaban J connectivity index is 2.21. The fourth-order valence-electron chi connectivity index (χ4n) is 2.81. The molecule has 0 bridgehead atoms. The number of nitrogens with zero attached hydrogens (tertiary/aromatic N) is 1. The van der Waals surface area contributed by atoms with Gasteiger partial charge in [-0.25, -0.2) is 5.43 Å². The van der Waals surface area contributed by atoms with E-state index in [1.807, 2.05) is 18.5 Å². The van der Waals surface area contributed by atoms with E-state index in [0.717, 1.165) is 10.9 Å². The molecule has 2 aromatic carbocycles. The van der Waals surface area contributed by atoms with Gasteiger partial charge in [-0.2, -0.15) is 0 Å². The highest BCUT2D eigenvalue weighted by Gasteiger charge is 2.17. The Morgan fingerprint density at radius 2 is 1.90 bits per heavy atom. The number of rotatable bonds is 3. The van der Waals surface area contributed by atoms with Gasteiger partial charge in [0.2, 0.25) is 0 Å². The Bertz CT molecular complexity index is 775. The number of hydrogen-bond acceptors (Lipinski definition) is 3. The van der Waals surface area contributed by atoms with Crippen LogP contribution in [0.1, 0.15) is 28.3 Å². The van der Waals surface area contributed by atoms with E-state index in [1.54, 1.807) is 0 Å². The molecule has 0 saturated heterocycles. The van der Waals surface area contributed by atoms with Crippen molar-refractivity contribution >= 4 is 10.8 Å². The quantitative estimate of drug-likeness (QED) is 0.570. The van der Waals surface area contributed by atoms with Crippen LogP contribution in [0.25, 0.3) is 10.8 Å². The lowest BCUT2D eigenvalue weighted by Gasteiger charge is -2.21. The van der Waals surface area contributed by atoms with Gasteiger partial charge in [-0.15, -0.1) is 0 Å². The van der Waals surface area contributed by atoms with Crippen LogP contribution in [0.5, 0.6) is 0 Å². The van der Waals surface area contributed by atoms with E-state index in [1.165, 1.54) is 22.1 Å². The first-order valence-corrected chi connectivity index (χ1v) is 7.06. The highest BCUT2D eigenvalue weighted by molar-refractivity contribution is 5.85. The maximum Gasteiger partial charge on any atom is 0.0719 e. The molecular weight excluding hydrogens is 258 g/mol. The average Bonchev–Trinajstić information content (AvgIpc) is 2.51. The van der Waals surface area contributed by atoms with Gasteiger partial charge in [0.05, 0.1) is 6.04 Å². The standard InChI is InChI=1S/C18H19N3/c1-12-6-7-13(2)16(10-12)18(21-19)15-5-3-4-14-8-9-20-11-17(14)15/h3-11,18,21H,19H2,1-2H3. The number of fused-ring (bicyclic) bond motifs is 1. The molecule has 0 saturated carbocycles. The summed E-state index contributed by atoms with van der Waals surface area (Å²) >= 11 is 0. The van der Waals surface area contributed by atoms with Crippen molar-refractivity contribution in [3.8, 4) is 0 Å². The molecule has 3 nitrogen and oxygen atoms in total. The molecule has 106 valence electrons. The topological polar surface area (TPSA) is 50.9 Å². The molecule has 0 aliphatic rings. The molecule has 1 atom stereocenters. The summed E-state index contributed by atoms with van der Waals surface area (Å²) in [5, 5.41) is 2.30. The third kappa shape index (κ3) is 2.53. The third-order valence-electron chi connectivity index (χ3n) is 3.94. The van der Waals surface area contributed by atoms with E-state index in [-0.39, 0.29) is 6.04 Å². The predicted octanol–water partition coefficient (Wildman–Crippen LogP) is 3.40. The predicted molar refractivity (Wildman–Crippen MR) is 86.8 cm³/mol. The lowest BCUT2D eigenvalue weighted by Crippen LogP contribution is -2.29. The lowest BCUT2D eigenvalue weighted by molar-refractivity contribution is 0.637. The van der Waals surface area contributed by atoms with Gasteiger partial charge < -0.3 is 0 Å².